The van der Waals surface area contributed by atoms with Gasteiger partial charge in [-0.15, -0.1) is 0 Å². The Morgan fingerprint density at radius 3 is 3.08 bits per heavy atom. The normalized spacial score (nSPS) is 22.1. The highest BCUT2D eigenvalue weighted by Crippen LogP contribution is 2.32. The van der Waals surface area contributed by atoms with Crippen molar-refractivity contribution in [1.82, 2.24) is 0 Å². The van der Waals surface area contributed by atoms with Crippen molar-refractivity contribution >= 4 is 11.8 Å². The molecule has 2 rings (SSSR count). The predicted octanol–water partition coefficient (Wildman–Crippen LogP) is 2.40. The fourth-order valence-corrected chi connectivity index (χ4v) is 3.00. The maximum Gasteiger partial charge on any atom is 0.0681 e. The second kappa shape index (κ2) is 4.16. The Kier molecular flexibility index (Phi) is 2.91. The van der Waals surface area contributed by atoms with Crippen LogP contribution in [-0.2, 0) is 6.61 Å². The number of rotatable bonds is 2. The fourth-order valence-electron chi connectivity index (χ4n) is 1.74. The summed E-state index contributed by atoms with van der Waals surface area (Å²) in [6.45, 7) is 0.160. The van der Waals surface area contributed by atoms with Crippen LogP contribution in [0.25, 0.3) is 0 Å². The fraction of sp³-hybridized carbons (Fsp3) is 0.455. The van der Waals surface area contributed by atoms with Crippen LogP contribution in [-0.4, -0.2) is 16.6 Å². The number of thioether (sulfide) groups is 1. The molecule has 1 saturated heterocycles. The van der Waals surface area contributed by atoms with Crippen molar-refractivity contribution in [3.05, 3.63) is 35.4 Å². The number of aliphatic hydroxyl groups is 1. The van der Waals surface area contributed by atoms with Crippen LogP contribution in [0, 0.1) is 0 Å². The number of hydrogen-bond donors (Lipinski definition) is 1. The Labute approximate surface area is 83.2 Å². The van der Waals surface area contributed by atoms with E-state index < -0.39 is 0 Å². The lowest BCUT2D eigenvalue weighted by Crippen LogP contribution is -1.97. The Morgan fingerprint density at radius 2 is 2.38 bits per heavy atom. The van der Waals surface area contributed by atoms with E-state index in [0.29, 0.717) is 0 Å². The van der Waals surface area contributed by atoms with E-state index in [4.69, 9.17) is 5.11 Å². The Balaban J connectivity index is 2.18. The molecule has 1 heterocycles. The van der Waals surface area contributed by atoms with Gasteiger partial charge in [-0.3, -0.25) is 0 Å². The van der Waals surface area contributed by atoms with Gasteiger partial charge in [-0.05, 0) is 29.2 Å². The topological polar surface area (TPSA) is 20.2 Å². The van der Waals surface area contributed by atoms with Crippen LogP contribution in [0.5, 0.6) is 0 Å². The lowest BCUT2D eigenvalue weighted by atomic mass is 9.97. The average Bonchev–Trinajstić information content (AvgIpc) is 2.71. The molecule has 1 N–H and O–H groups in total. The van der Waals surface area contributed by atoms with Crippen molar-refractivity contribution in [2.24, 2.45) is 0 Å². The highest BCUT2D eigenvalue weighted by atomic mass is 32.2. The molecule has 1 aromatic rings. The summed E-state index contributed by atoms with van der Waals surface area (Å²) in [5.74, 6) is 3.25. The summed E-state index contributed by atoms with van der Waals surface area (Å²) < 4.78 is 0. The van der Waals surface area contributed by atoms with Crippen LogP contribution in [0.15, 0.2) is 24.3 Å². The van der Waals surface area contributed by atoms with E-state index in [2.05, 4.69) is 12.1 Å². The van der Waals surface area contributed by atoms with Crippen molar-refractivity contribution in [3.63, 3.8) is 0 Å². The van der Waals surface area contributed by atoms with Crippen molar-refractivity contribution < 1.29 is 5.11 Å². The maximum absolute atomic E-state index is 9.00. The molecule has 0 amide bonds. The first-order chi connectivity index (χ1) is 6.40. The second-order valence-corrected chi connectivity index (χ2v) is 4.61. The molecule has 0 bridgehead atoms. The largest absolute Gasteiger partial charge is 0.392 e. The van der Waals surface area contributed by atoms with Gasteiger partial charge in [0, 0.05) is 5.75 Å². The molecule has 0 aromatic heterocycles. The van der Waals surface area contributed by atoms with Gasteiger partial charge in [0.2, 0.25) is 0 Å². The quantitative estimate of drug-likeness (QED) is 0.780. The zero-order chi connectivity index (χ0) is 9.10. The van der Waals surface area contributed by atoms with E-state index in [1.165, 1.54) is 23.5 Å². The molecule has 1 aromatic carbocycles. The zero-order valence-electron chi connectivity index (χ0n) is 7.57. The smallest absolute Gasteiger partial charge is 0.0681 e. The zero-order valence-corrected chi connectivity index (χ0v) is 8.39. The summed E-state index contributed by atoms with van der Waals surface area (Å²) in [7, 11) is 0. The summed E-state index contributed by atoms with van der Waals surface area (Å²) in [4.78, 5) is 0. The molecule has 1 fully saturated rings. The maximum atomic E-state index is 9.00. The van der Waals surface area contributed by atoms with Crippen molar-refractivity contribution in [3.8, 4) is 0 Å². The standard InChI is InChI=1S/C11H14OS/c12-7-9-2-1-3-10(6-9)11-4-5-13-8-11/h1-3,6,11-12H,4-5,7-8H2. The van der Waals surface area contributed by atoms with Gasteiger partial charge >= 0.3 is 0 Å². The molecule has 0 saturated carbocycles. The van der Waals surface area contributed by atoms with E-state index in [1.807, 2.05) is 23.9 Å². The lowest BCUT2D eigenvalue weighted by molar-refractivity contribution is 0.281. The van der Waals surface area contributed by atoms with Gasteiger partial charge in [-0.2, -0.15) is 11.8 Å². The van der Waals surface area contributed by atoms with Gasteiger partial charge in [0.05, 0.1) is 6.61 Å². The second-order valence-electron chi connectivity index (χ2n) is 3.46. The van der Waals surface area contributed by atoms with Gasteiger partial charge in [0.1, 0.15) is 0 Å². The summed E-state index contributed by atoms with van der Waals surface area (Å²) in [5, 5.41) is 9.00. The van der Waals surface area contributed by atoms with E-state index >= 15 is 0 Å². The van der Waals surface area contributed by atoms with E-state index in [9.17, 15) is 0 Å². The molecule has 13 heavy (non-hydrogen) atoms. The Hall–Kier alpha value is -0.470. The summed E-state index contributed by atoms with van der Waals surface area (Å²) in [5.41, 5.74) is 2.44. The Morgan fingerprint density at radius 1 is 1.46 bits per heavy atom. The Bertz CT molecular complexity index is 279. The molecule has 1 aliphatic heterocycles. The highest BCUT2D eigenvalue weighted by molar-refractivity contribution is 7.99. The van der Waals surface area contributed by atoms with Crippen molar-refractivity contribution in [2.45, 2.75) is 18.9 Å². The molecule has 1 aliphatic rings. The average molecular weight is 194 g/mol. The molecule has 1 atom stereocenters. The number of benzene rings is 1. The summed E-state index contributed by atoms with van der Waals surface area (Å²) in [6, 6.07) is 8.34. The van der Waals surface area contributed by atoms with Gasteiger partial charge in [-0.25, -0.2) is 0 Å². The minimum absolute atomic E-state index is 0.160. The van der Waals surface area contributed by atoms with E-state index in [0.717, 1.165) is 11.5 Å². The van der Waals surface area contributed by atoms with Crippen LogP contribution >= 0.6 is 11.8 Å². The first kappa shape index (κ1) is 9.10. The van der Waals surface area contributed by atoms with Crippen molar-refractivity contribution in [1.29, 1.82) is 0 Å². The molecular weight excluding hydrogens is 180 g/mol. The third-order valence-corrected chi connectivity index (χ3v) is 3.70. The highest BCUT2D eigenvalue weighted by Gasteiger charge is 2.17. The van der Waals surface area contributed by atoms with Crippen molar-refractivity contribution in [2.75, 3.05) is 11.5 Å². The van der Waals surface area contributed by atoms with Gasteiger partial charge in [0.15, 0.2) is 0 Å². The van der Waals surface area contributed by atoms with Crippen LogP contribution in [0.1, 0.15) is 23.5 Å². The first-order valence-electron chi connectivity index (χ1n) is 4.67. The minimum atomic E-state index is 0.160. The third kappa shape index (κ3) is 2.06. The third-order valence-electron chi connectivity index (χ3n) is 2.53. The van der Waals surface area contributed by atoms with E-state index in [1.54, 1.807) is 0 Å². The minimum Gasteiger partial charge on any atom is -0.392 e. The van der Waals surface area contributed by atoms with E-state index in [-0.39, 0.29) is 6.61 Å². The summed E-state index contributed by atoms with van der Waals surface area (Å²) in [6.07, 6.45) is 1.29. The molecule has 0 radical (unpaired) electrons. The predicted molar refractivity (Wildman–Crippen MR) is 57.0 cm³/mol. The lowest BCUT2D eigenvalue weighted by Gasteiger charge is -2.09. The first-order valence-corrected chi connectivity index (χ1v) is 5.83. The molecule has 0 spiro atoms. The van der Waals surface area contributed by atoms with Crippen LogP contribution < -0.4 is 0 Å². The van der Waals surface area contributed by atoms with Gasteiger partial charge in [0.25, 0.3) is 0 Å². The number of aliphatic hydroxyl groups excluding tert-OH is 1. The summed E-state index contributed by atoms with van der Waals surface area (Å²) >= 11 is 2.03. The molecular formula is C11H14OS. The molecule has 0 aliphatic carbocycles. The SMILES string of the molecule is OCc1cccc(C2CCSC2)c1. The molecule has 1 unspecified atom stereocenters. The molecule has 70 valence electrons. The molecule has 1 nitrogen and oxygen atoms in total. The monoisotopic (exact) mass is 194 g/mol. The number of hydrogen-bond acceptors (Lipinski definition) is 2. The van der Waals surface area contributed by atoms with Crippen LogP contribution in [0.4, 0.5) is 0 Å². The van der Waals surface area contributed by atoms with Crippen LogP contribution in [0.3, 0.4) is 0 Å². The van der Waals surface area contributed by atoms with Gasteiger partial charge in [-0.1, -0.05) is 24.3 Å². The van der Waals surface area contributed by atoms with Gasteiger partial charge < -0.3 is 5.11 Å². The molecule has 2 heteroatoms. The van der Waals surface area contributed by atoms with Crippen LogP contribution in [0.2, 0.25) is 0 Å².